The average Bonchev–Trinajstić information content (AvgIpc) is 2.76. The van der Waals surface area contributed by atoms with Crippen molar-refractivity contribution in [3.05, 3.63) is 36.1 Å². The van der Waals surface area contributed by atoms with Gasteiger partial charge in [-0.1, -0.05) is 0 Å². The molecule has 18 heavy (non-hydrogen) atoms. The summed E-state index contributed by atoms with van der Waals surface area (Å²) >= 11 is 0. The van der Waals surface area contributed by atoms with Crippen LogP contribution in [-0.2, 0) is 0 Å². The number of nitrogens with one attached hydrogen (secondary N) is 1. The SMILES string of the molecule is COc1ccc(OC)c2c1[nH]c1ccc(F)cc12. The summed E-state index contributed by atoms with van der Waals surface area (Å²) in [6.07, 6.45) is 0. The molecule has 1 heterocycles. The van der Waals surface area contributed by atoms with Crippen LogP contribution < -0.4 is 9.47 Å². The van der Waals surface area contributed by atoms with Crippen molar-refractivity contribution in [2.24, 2.45) is 0 Å². The smallest absolute Gasteiger partial charge is 0.143 e. The molecule has 0 unspecified atom stereocenters. The van der Waals surface area contributed by atoms with Crippen molar-refractivity contribution in [2.75, 3.05) is 14.2 Å². The molecule has 3 nitrogen and oxygen atoms in total. The first-order valence-corrected chi connectivity index (χ1v) is 5.56. The van der Waals surface area contributed by atoms with Crippen LogP contribution in [0.25, 0.3) is 21.8 Å². The highest BCUT2D eigenvalue weighted by Gasteiger charge is 2.13. The van der Waals surface area contributed by atoms with Crippen molar-refractivity contribution in [3.63, 3.8) is 0 Å². The van der Waals surface area contributed by atoms with Crippen LogP contribution in [0.2, 0.25) is 0 Å². The Labute approximate surface area is 103 Å². The molecule has 3 rings (SSSR count). The maximum Gasteiger partial charge on any atom is 0.143 e. The van der Waals surface area contributed by atoms with E-state index in [-0.39, 0.29) is 5.82 Å². The minimum Gasteiger partial charge on any atom is -0.496 e. The van der Waals surface area contributed by atoms with Crippen molar-refractivity contribution in [1.82, 2.24) is 4.98 Å². The van der Waals surface area contributed by atoms with Crippen LogP contribution >= 0.6 is 0 Å². The van der Waals surface area contributed by atoms with Crippen molar-refractivity contribution >= 4 is 21.8 Å². The number of H-pyrrole nitrogens is 1. The normalized spacial score (nSPS) is 11.1. The van der Waals surface area contributed by atoms with Gasteiger partial charge in [0.15, 0.2) is 0 Å². The minimum atomic E-state index is -0.270. The number of halogens is 1. The Morgan fingerprint density at radius 1 is 1.00 bits per heavy atom. The number of fused-ring (bicyclic) bond motifs is 3. The van der Waals surface area contributed by atoms with Crippen molar-refractivity contribution in [1.29, 1.82) is 0 Å². The first-order chi connectivity index (χ1) is 8.74. The van der Waals surface area contributed by atoms with E-state index in [1.807, 2.05) is 12.1 Å². The van der Waals surface area contributed by atoms with E-state index < -0.39 is 0 Å². The van der Waals surface area contributed by atoms with Gasteiger partial charge < -0.3 is 14.5 Å². The number of aromatic amines is 1. The van der Waals surface area contributed by atoms with E-state index >= 15 is 0 Å². The average molecular weight is 245 g/mol. The molecule has 0 aliphatic rings. The fourth-order valence-corrected chi connectivity index (χ4v) is 2.26. The van der Waals surface area contributed by atoms with Gasteiger partial charge in [-0.2, -0.15) is 0 Å². The summed E-state index contributed by atoms with van der Waals surface area (Å²) < 4.78 is 24.0. The van der Waals surface area contributed by atoms with Crippen LogP contribution in [0.3, 0.4) is 0 Å². The molecule has 3 aromatic rings. The molecule has 0 spiro atoms. The van der Waals surface area contributed by atoms with Gasteiger partial charge in [0.05, 0.1) is 25.1 Å². The second-order valence-corrected chi connectivity index (χ2v) is 4.03. The third kappa shape index (κ3) is 1.42. The van der Waals surface area contributed by atoms with Crippen LogP contribution in [0.5, 0.6) is 11.5 Å². The summed E-state index contributed by atoms with van der Waals surface area (Å²) in [6.45, 7) is 0. The largest absolute Gasteiger partial charge is 0.496 e. The lowest BCUT2D eigenvalue weighted by atomic mass is 10.1. The Morgan fingerprint density at radius 2 is 1.72 bits per heavy atom. The molecule has 0 saturated heterocycles. The molecule has 0 radical (unpaired) electrons. The van der Waals surface area contributed by atoms with Gasteiger partial charge in [-0.15, -0.1) is 0 Å². The number of benzene rings is 2. The monoisotopic (exact) mass is 245 g/mol. The molecule has 1 aromatic heterocycles. The van der Waals surface area contributed by atoms with Gasteiger partial charge in [0.2, 0.25) is 0 Å². The Morgan fingerprint density at radius 3 is 2.44 bits per heavy atom. The summed E-state index contributed by atoms with van der Waals surface area (Å²) in [7, 11) is 3.20. The Balaban J connectivity index is 2.52. The van der Waals surface area contributed by atoms with Gasteiger partial charge in [-0.25, -0.2) is 4.39 Å². The lowest BCUT2D eigenvalue weighted by Crippen LogP contribution is -1.87. The van der Waals surface area contributed by atoms with Gasteiger partial charge >= 0.3 is 0 Å². The third-order valence-electron chi connectivity index (χ3n) is 3.08. The number of methoxy groups -OCH3 is 2. The highest BCUT2D eigenvalue weighted by Crippen LogP contribution is 2.38. The van der Waals surface area contributed by atoms with Crippen LogP contribution in [0.4, 0.5) is 4.39 Å². The molecular formula is C14H12FNO2. The molecule has 92 valence electrons. The maximum atomic E-state index is 13.4. The molecule has 0 atom stereocenters. The van der Waals surface area contributed by atoms with Gasteiger partial charge in [0.25, 0.3) is 0 Å². The zero-order chi connectivity index (χ0) is 12.7. The summed E-state index contributed by atoms with van der Waals surface area (Å²) in [6, 6.07) is 8.28. The quantitative estimate of drug-likeness (QED) is 0.750. The zero-order valence-corrected chi connectivity index (χ0v) is 10.1. The van der Waals surface area contributed by atoms with E-state index in [4.69, 9.17) is 9.47 Å². The minimum absolute atomic E-state index is 0.270. The van der Waals surface area contributed by atoms with Gasteiger partial charge in [0, 0.05) is 10.9 Å². The van der Waals surface area contributed by atoms with E-state index in [9.17, 15) is 4.39 Å². The highest BCUT2D eigenvalue weighted by molar-refractivity contribution is 6.12. The Bertz CT molecular complexity index is 733. The topological polar surface area (TPSA) is 34.2 Å². The molecule has 4 heteroatoms. The summed E-state index contributed by atoms with van der Waals surface area (Å²) in [5.74, 6) is 1.14. The molecule has 0 saturated carbocycles. The van der Waals surface area contributed by atoms with E-state index in [0.29, 0.717) is 11.5 Å². The molecular weight excluding hydrogens is 233 g/mol. The maximum absolute atomic E-state index is 13.4. The third-order valence-corrected chi connectivity index (χ3v) is 3.08. The molecule has 1 N–H and O–H groups in total. The lowest BCUT2D eigenvalue weighted by molar-refractivity contribution is 0.410. The number of ether oxygens (including phenoxy) is 2. The molecule has 0 aliphatic heterocycles. The predicted molar refractivity (Wildman–Crippen MR) is 68.9 cm³/mol. The summed E-state index contributed by atoms with van der Waals surface area (Å²) in [5.41, 5.74) is 1.67. The second kappa shape index (κ2) is 3.91. The zero-order valence-electron chi connectivity index (χ0n) is 10.1. The van der Waals surface area contributed by atoms with E-state index in [1.54, 1.807) is 20.3 Å². The van der Waals surface area contributed by atoms with Crippen LogP contribution in [-0.4, -0.2) is 19.2 Å². The van der Waals surface area contributed by atoms with Gasteiger partial charge in [-0.3, -0.25) is 0 Å². The van der Waals surface area contributed by atoms with Crippen molar-refractivity contribution in [2.45, 2.75) is 0 Å². The fourth-order valence-electron chi connectivity index (χ4n) is 2.26. The van der Waals surface area contributed by atoms with E-state index in [2.05, 4.69) is 4.98 Å². The number of hydrogen-bond donors (Lipinski definition) is 1. The van der Waals surface area contributed by atoms with Crippen molar-refractivity contribution in [3.8, 4) is 11.5 Å². The van der Waals surface area contributed by atoms with Crippen LogP contribution in [0.1, 0.15) is 0 Å². The molecule has 2 aromatic carbocycles. The first-order valence-electron chi connectivity index (χ1n) is 5.56. The molecule has 0 fully saturated rings. The van der Waals surface area contributed by atoms with Crippen LogP contribution in [0.15, 0.2) is 30.3 Å². The van der Waals surface area contributed by atoms with Gasteiger partial charge in [0.1, 0.15) is 17.3 Å². The molecule has 0 amide bonds. The number of hydrogen-bond acceptors (Lipinski definition) is 2. The highest BCUT2D eigenvalue weighted by atomic mass is 19.1. The molecule has 0 bridgehead atoms. The lowest BCUT2D eigenvalue weighted by Gasteiger charge is -2.06. The van der Waals surface area contributed by atoms with Crippen molar-refractivity contribution < 1.29 is 13.9 Å². The van der Waals surface area contributed by atoms with Crippen LogP contribution in [0, 0.1) is 5.82 Å². The van der Waals surface area contributed by atoms with E-state index in [0.717, 1.165) is 21.8 Å². The number of rotatable bonds is 2. The second-order valence-electron chi connectivity index (χ2n) is 4.03. The predicted octanol–water partition coefficient (Wildman–Crippen LogP) is 3.48. The van der Waals surface area contributed by atoms with Gasteiger partial charge in [-0.05, 0) is 30.3 Å². The standard InChI is InChI=1S/C14H12FNO2/c1-17-11-5-6-12(18-2)14-13(11)9-7-8(15)3-4-10(9)16-14/h3-7,16H,1-2H3. The fraction of sp³-hybridized carbons (Fsp3) is 0.143. The summed E-state index contributed by atoms with van der Waals surface area (Å²) in [5, 5.41) is 1.63. The number of aromatic nitrogens is 1. The Kier molecular flexibility index (Phi) is 2.37. The summed E-state index contributed by atoms with van der Waals surface area (Å²) in [4.78, 5) is 3.23. The Hall–Kier alpha value is -2.23. The first kappa shape index (κ1) is 10.9. The van der Waals surface area contributed by atoms with E-state index in [1.165, 1.54) is 12.1 Å². The molecule has 0 aliphatic carbocycles.